The van der Waals surface area contributed by atoms with Crippen molar-refractivity contribution in [1.82, 2.24) is 9.97 Å². The molecule has 1 heterocycles. The van der Waals surface area contributed by atoms with Crippen molar-refractivity contribution in [3.8, 4) is 11.6 Å². The fraction of sp³-hybridized carbons (Fsp3) is 0.312. The second-order valence-corrected chi connectivity index (χ2v) is 5.22. The van der Waals surface area contributed by atoms with Crippen LogP contribution in [0.1, 0.15) is 47.2 Å². The first-order valence-corrected chi connectivity index (χ1v) is 6.75. The van der Waals surface area contributed by atoms with Gasteiger partial charge in [-0.25, -0.2) is 9.78 Å². The van der Waals surface area contributed by atoms with Gasteiger partial charge in [0.1, 0.15) is 17.1 Å². The van der Waals surface area contributed by atoms with Gasteiger partial charge in [-0.2, -0.15) is 4.98 Å². The fourth-order valence-corrected chi connectivity index (χ4v) is 1.93. The minimum atomic E-state index is -1.02. The number of aromatic nitrogens is 2. The Morgan fingerprint density at radius 3 is 2.57 bits per heavy atom. The lowest BCUT2D eigenvalue weighted by Gasteiger charge is -2.13. The Labute approximate surface area is 123 Å². The van der Waals surface area contributed by atoms with Gasteiger partial charge in [0.05, 0.1) is 0 Å². The highest BCUT2D eigenvalue weighted by Gasteiger charge is 2.16. The minimum Gasteiger partial charge on any atom is -0.478 e. The number of aryl methyl sites for hydroxylation is 2. The Hall–Kier alpha value is -2.43. The number of carbonyl (C=O) groups is 1. The van der Waals surface area contributed by atoms with Gasteiger partial charge in [-0.3, -0.25) is 0 Å². The molecule has 1 N–H and O–H groups in total. The van der Waals surface area contributed by atoms with Gasteiger partial charge in [-0.05, 0) is 25.5 Å². The van der Waals surface area contributed by atoms with Crippen LogP contribution in [0.4, 0.5) is 0 Å². The van der Waals surface area contributed by atoms with E-state index in [-0.39, 0.29) is 11.5 Å². The molecule has 1 aromatic carbocycles. The smallest absolute Gasteiger partial charge is 0.339 e. The molecule has 0 aliphatic heterocycles. The first kappa shape index (κ1) is 15.0. The molecule has 0 radical (unpaired) electrons. The number of rotatable bonds is 4. The molecule has 0 fully saturated rings. The summed E-state index contributed by atoms with van der Waals surface area (Å²) in [5.41, 5.74) is 1.66. The maximum Gasteiger partial charge on any atom is 0.339 e. The van der Waals surface area contributed by atoms with E-state index in [0.717, 1.165) is 11.3 Å². The Kier molecular flexibility index (Phi) is 4.21. The van der Waals surface area contributed by atoms with Crippen LogP contribution >= 0.6 is 0 Å². The maximum atomic E-state index is 11.3. The van der Waals surface area contributed by atoms with Gasteiger partial charge >= 0.3 is 5.97 Å². The summed E-state index contributed by atoms with van der Waals surface area (Å²) in [6.45, 7) is 7.65. The van der Waals surface area contributed by atoms with Crippen molar-refractivity contribution in [2.24, 2.45) is 0 Å². The molecule has 0 saturated heterocycles. The zero-order valence-corrected chi connectivity index (χ0v) is 12.5. The third-order valence-electron chi connectivity index (χ3n) is 3.01. The third-order valence-corrected chi connectivity index (χ3v) is 3.01. The van der Waals surface area contributed by atoms with Crippen LogP contribution in [0.5, 0.6) is 11.6 Å². The van der Waals surface area contributed by atoms with E-state index in [1.54, 1.807) is 25.1 Å². The van der Waals surface area contributed by atoms with Gasteiger partial charge in [0.2, 0.25) is 5.88 Å². The molecule has 0 aliphatic carbocycles. The van der Waals surface area contributed by atoms with Gasteiger partial charge in [-0.15, -0.1) is 0 Å². The monoisotopic (exact) mass is 286 g/mol. The van der Waals surface area contributed by atoms with E-state index in [9.17, 15) is 9.90 Å². The normalized spacial score (nSPS) is 10.7. The first-order chi connectivity index (χ1) is 9.88. The van der Waals surface area contributed by atoms with Crippen LogP contribution in [-0.2, 0) is 0 Å². The van der Waals surface area contributed by atoms with Gasteiger partial charge < -0.3 is 9.84 Å². The first-order valence-electron chi connectivity index (χ1n) is 6.75. The molecule has 5 nitrogen and oxygen atoms in total. The van der Waals surface area contributed by atoms with Crippen LogP contribution in [0.25, 0.3) is 0 Å². The van der Waals surface area contributed by atoms with Crippen LogP contribution in [0.2, 0.25) is 0 Å². The van der Waals surface area contributed by atoms with Gasteiger partial charge in [0.15, 0.2) is 0 Å². The summed E-state index contributed by atoms with van der Waals surface area (Å²) in [7, 11) is 0. The molecule has 2 rings (SSSR count). The van der Waals surface area contributed by atoms with E-state index in [4.69, 9.17) is 4.74 Å². The van der Waals surface area contributed by atoms with Crippen molar-refractivity contribution in [1.29, 1.82) is 0 Å². The molecule has 0 amide bonds. The number of carboxylic acids is 1. The van der Waals surface area contributed by atoms with Crippen LogP contribution in [0, 0.1) is 13.8 Å². The summed E-state index contributed by atoms with van der Waals surface area (Å²) in [5.74, 6) is 0.503. The molecule has 0 saturated carbocycles. The highest BCUT2D eigenvalue weighted by Crippen LogP contribution is 2.29. The molecular weight excluding hydrogens is 268 g/mol. The average molecular weight is 286 g/mol. The van der Waals surface area contributed by atoms with Crippen molar-refractivity contribution in [3.63, 3.8) is 0 Å². The lowest BCUT2D eigenvalue weighted by atomic mass is 10.1. The topological polar surface area (TPSA) is 72.3 Å². The lowest BCUT2D eigenvalue weighted by Crippen LogP contribution is -2.05. The SMILES string of the molecule is Cc1cc(Oc2c(C)cccc2C(=O)O)nc(C(C)C)n1. The van der Waals surface area contributed by atoms with Gasteiger partial charge in [0, 0.05) is 17.7 Å². The zero-order valence-electron chi connectivity index (χ0n) is 12.5. The molecule has 0 bridgehead atoms. The quantitative estimate of drug-likeness (QED) is 0.927. The van der Waals surface area contributed by atoms with Crippen molar-refractivity contribution < 1.29 is 14.6 Å². The molecule has 0 spiro atoms. The maximum absolute atomic E-state index is 11.3. The Balaban J connectivity index is 2.45. The molecule has 5 heteroatoms. The minimum absolute atomic E-state index is 0.123. The summed E-state index contributed by atoms with van der Waals surface area (Å²) in [4.78, 5) is 20.0. The molecule has 2 aromatic rings. The van der Waals surface area contributed by atoms with Gasteiger partial charge in [0.25, 0.3) is 0 Å². The van der Waals surface area contributed by atoms with Crippen molar-refractivity contribution in [3.05, 3.63) is 46.9 Å². The number of ether oxygens (including phenoxy) is 1. The number of benzene rings is 1. The largest absolute Gasteiger partial charge is 0.478 e. The molecular formula is C16H18N2O3. The highest BCUT2D eigenvalue weighted by atomic mass is 16.5. The van der Waals surface area contributed by atoms with Crippen LogP contribution in [-0.4, -0.2) is 21.0 Å². The highest BCUT2D eigenvalue weighted by molar-refractivity contribution is 5.91. The number of hydrogen-bond donors (Lipinski definition) is 1. The average Bonchev–Trinajstić information content (AvgIpc) is 2.40. The Morgan fingerprint density at radius 1 is 1.24 bits per heavy atom. The number of aromatic carboxylic acids is 1. The predicted octanol–water partition coefficient (Wildman–Crippen LogP) is 3.71. The molecule has 0 aliphatic rings. The molecule has 0 atom stereocenters. The summed E-state index contributed by atoms with van der Waals surface area (Å²) in [6.07, 6.45) is 0. The Morgan fingerprint density at radius 2 is 1.95 bits per heavy atom. The number of nitrogens with zero attached hydrogens (tertiary/aromatic N) is 2. The van der Waals surface area contributed by atoms with E-state index < -0.39 is 5.97 Å². The number of para-hydroxylation sites is 1. The van der Waals surface area contributed by atoms with Crippen LogP contribution in [0.3, 0.4) is 0 Å². The van der Waals surface area contributed by atoms with Gasteiger partial charge in [-0.1, -0.05) is 26.0 Å². The van der Waals surface area contributed by atoms with E-state index in [2.05, 4.69) is 9.97 Å². The number of hydrogen-bond acceptors (Lipinski definition) is 4. The fourth-order valence-electron chi connectivity index (χ4n) is 1.93. The summed E-state index contributed by atoms with van der Waals surface area (Å²) in [5, 5.41) is 9.25. The standard InChI is InChI=1S/C16H18N2O3/c1-9(2)15-17-11(4)8-13(18-15)21-14-10(3)6-5-7-12(14)16(19)20/h5-9H,1-4H3,(H,19,20). The lowest BCUT2D eigenvalue weighted by molar-refractivity contribution is 0.0694. The van der Waals surface area contributed by atoms with E-state index in [0.29, 0.717) is 17.5 Å². The predicted molar refractivity (Wildman–Crippen MR) is 79.1 cm³/mol. The second-order valence-electron chi connectivity index (χ2n) is 5.22. The summed E-state index contributed by atoms with van der Waals surface area (Å²) < 4.78 is 5.74. The molecule has 1 aromatic heterocycles. The van der Waals surface area contributed by atoms with Crippen molar-refractivity contribution in [2.45, 2.75) is 33.6 Å². The molecule has 21 heavy (non-hydrogen) atoms. The van der Waals surface area contributed by atoms with Crippen LogP contribution < -0.4 is 4.74 Å². The summed E-state index contributed by atoms with van der Waals surface area (Å²) in [6, 6.07) is 6.71. The number of carboxylic acid groups (broad SMARTS) is 1. The molecule has 110 valence electrons. The van der Waals surface area contributed by atoms with E-state index >= 15 is 0 Å². The van der Waals surface area contributed by atoms with Crippen molar-refractivity contribution >= 4 is 5.97 Å². The summed E-state index contributed by atoms with van der Waals surface area (Å²) >= 11 is 0. The van der Waals surface area contributed by atoms with E-state index in [1.807, 2.05) is 20.8 Å². The molecule has 0 unspecified atom stereocenters. The van der Waals surface area contributed by atoms with Crippen molar-refractivity contribution in [2.75, 3.05) is 0 Å². The Bertz CT molecular complexity index is 681. The van der Waals surface area contributed by atoms with E-state index in [1.165, 1.54) is 6.07 Å². The second kappa shape index (κ2) is 5.91. The third kappa shape index (κ3) is 3.37. The zero-order chi connectivity index (χ0) is 15.6. The van der Waals surface area contributed by atoms with Crippen LogP contribution in [0.15, 0.2) is 24.3 Å².